The van der Waals surface area contributed by atoms with Crippen LogP contribution < -0.4 is 4.90 Å². The minimum absolute atomic E-state index is 0.375. The van der Waals surface area contributed by atoms with Gasteiger partial charge < -0.3 is 4.74 Å². The lowest BCUT2D eigenvalue weighted by Gasteiger charge is -2.21. The Labute approximate surface area is 130 Å². The topological polar surface area (TPSA) is 72.4 Å². The summed E-state index contributed by atoms with van der Waals surface area (Å²) in [7, 11) is 0. The van der Waals surface area contributed by atoms with Gasteiger partial charge in [0.25, 0.3) is 6.08 Å². The number of anilines is 2. The fourth-order valence-corrected chi connectivity index (χ4v) is 1.70. The Morgan fingerprint density at radius 1 is 1.00 bits per heavy atom. The van der Waals surface area contributed by atoms with Crippen LogP contribution >= 0.6 is 0 Å². The molecule has 0 aliphatic rings. The second-order valence-electron chi connectivity index (χ2n) is 4.14. The molecule has 2 heterocycles. The molecule has 0 fully saturated rings. The van der Waals surface area contributed by atoms with Crippen LogP contribution in [-0.2, 0) is 14.3 Å². The molecule has 0 atom stereocenters. The van der Waals surface area contributed by atoms with Gasteiger partial charge in [-0.25, -0.2) is 4.79 Å². The maximum absolute atomic E-state index is 12.3. The van der Waals surface area contributed by atoms with Gasteiger partial charge in [-0.1, -0.05) is 0 Å². The molecule has 2 rings (SSSR count). The molecular weight excluding hydrogens is 308 g/mol. The standard InChI is InChI=1S/C15H11F2N3O3/c16-13(17)5-10-23-15(22)14(21)20(11-1-6-18-7-2-11)12-3-8-19-9-4-12/h1-9H,10H2. The number of pyridine rings is 2. The summed E-state index contributed by atoms with van der Waals surface area (Å²) in [5.41, 5.74) is 0.751. The van der Waals surface area contributed by atoms with Gasteiger partial charge in [0.2, 0.25) is 0 Å². The van der Waals surface area contributed by atoms with Crippen LogP contribution in [0, 0.1) is 0 Å². The van der Waals surface area contributed by atoms with E-state index in [1.165, 1.54) is 49.1 Å². The van der Waals surface area contributed by atoms with E-state index in [9.17, 15) is 18.4 Å². The van der Waals surface area contributed by atoms with E-state index in [0.717, 1.165) is 4.90 Å². The van der Waals surface area contributed by atoms with Crippen LogP contribution in [0.25, 0.3) is 0 Å². The third-order valence-corrected chi connectivity index (χ3v) is 2.67. The van der Waals surface area contributed by atoms with E-state index in [0.29, 0.717) is 17.5 Å². The number of hydrogen-bond donors (Lipinski definition) is 0. The molecule has 0 N–H and O–H groups in total. The van der Waals surface area contributed by atoms with E-state index in [1.807, 2.05) is 0 Å². The van der Waals surface area contributed by atoms with Gasteiger partial charge in [0.1, 0.15) is 6.61 Å². The van der Waals surface area contributed by atoms with Gasteiger partial charge >= 0.3 is 11.9 Å². The Hall–Kier alpha value is -3.16. The summed E-state index contributed by atoms with van der Waals surface area (Å²) in [5.74, 6) is -2.27. The van der Waals surface area contributed by atoms with Crippen LogP contribution in [0.3, 0.4) is 0 Å². The Kier molecular flexibility index (Phi) is 5.45. The SMILES string of the molecule is O=C(OCC=C(F)F)C(=O)N(c1ccncc1)c1ccncc1. The summed E-state index contributed by atoms with van der Waals surface area (Å²) >= 11 is 0. The molecule has 0 saturated heterocycles. The van der Waals surface area contributed by atoms with Crippen LogP contribution in [-0.4, -0.2) is 28.5 Å². The average molecular weight is 319 g/mol. The van der Waals surface area contributed by atoms with Crippen molar-refractivity contribution < 1.29 is 23.1 Å². The van der Waals surface area contributed by atoms with Crippen molar-refractivity contribution >= 4 is 23.3 Å². The molecule has 23 heavy (non-hydrogen) atoms. The summed E-state index contributed by atoms with van der Waals surface area (Å²) in [6.45, 7) is -0.687. The molecule has 0 aliphatic carbocycles. The zero-order chi connectivity index (χ0) is 16.7. The number of hydrogen-bond acceptors (Lipinski definition) is 5. The number of nitrogens with zero attached hydrogens (tertiary/aromatic N) is 3. The normalized spacial score (nSPS) is 9.83. The van der Waals surface area contributed by atoms with Gasteiger partial charge in [-0.05, 0) is 24.3 Å². The number of amides is 1. The molecule has 0 bridgehead atoms. The zero-order valence-electron chi connectivity index (χ0n) is 11.7. The van der Waals surface area contributed by atoms with Crippen molar-refractivity contribution in [2.75, 3.05) is 11.5 Å². The van der Waals surface area contributed by atoms with E-state index in [4.69, 9.17) is 0 Å². The van der Waals surface area contributed by atoms with Gasteiger partial charge in [-0.3, -0.25) is 19.7 Å². The van der Waals surface area contributed by atoms with Gasteiger partial charge in [0.05, 0.1) is 11.4 Å². The Morgan fingerprint density at radius 3 is 1.91 bits per heavy atom. The minimum Gasteiger partial charge on any atom is -0.454 e. The predicted molar refractivity (Wildman–Crippen MR) is 76.9 cm³/mol. The molecule has 8 heteroatoms. The lowest BCUT2D eigenvalue weighted by Crippen LogP contribution is -2.34. The molecule has 0 radical (unpaired) electrons. The molecule has 0 aromatic carbocycles. The summed E-state index contributed by atoms with van der Waals surface area (Å²) in [6.07, 6.45) is 4.19. The highest BCUT2D eigenvalue weighted by molar-refractivity contribution is 6.39. The van der Waals surface area contributed by atoms with Gasteiger partial charge in [-0.2, -0.15) is 8.78 Å². The van der Waals surface area contributed by atoms with Crippen molar-refractivity contribution in [2.45, 2.75) is 0 Å². The first kappa shape index (κ1) is 16.2. The van der Waals surface area contributed by atoms with Crippen LogP contribution in [0.2, 0.25) is 0 Å². The second-order valence-corrected chi connectivity index (χ2v) is 4.14. The average Bonchev–Trinajstić information content (AvgIpc) is 2.56. The fourth-order valence-electron chi connectivity index (χ4n) is 1.70. The van der Waals surface area contributed by atoms with Crippen molar-refractivity contribution in [3.05, 3.63) is 61.2 Å². The van der Waals surface area contributed by atoms with Gasteiger partial charge in [-0.15, -0.1) is 0 Å². The highest BCUT2D eigenvalue weighted by Crippen LogP contribution is 2.24. The molecule has 1 amide bonds. The fraction of sp³-hybridized carbons (Fsp3) is 0.0667. The van der Waals surface area contributed by atoms with E-state index in [-0.39, 0.29) is 0 Å². The maximum Gasteiger partial charge on any atom is 0.398 e. The third-order valence-electron chi connectivity index (χ3n) is 2.67. The third kappa shape index (κ3) is 4.40. The molecule has 0 unspecified atom stereocenters. The first-order chi connectivity index (χ1) is 11.1. The van der Waals surface area contributed by atoms with Crippen molar-refractivity contribution in [1.82, 2.24) is 9.97 Å². The monoisotopic (exact) mass is 319 g/mol. The number of esters is 1. The van der Waals surface area contributed by atoms with Crippen molar-refractivity contribution in [1.29, 1.82) is 0 Å². The highest BCUT2D eigenvalue weighted by Gasteiger charge is 2.26. The van der Waals surface area contributed by atoms with Crippen LogP contribution in [0.1, 0.15) is 0 Å². The minimum atomic E-state index is -2.00. The van der Waals surface area contributed by atoms with Crippen LogP contribution in [0.15, 0.2) is 61.2 Å². The second kappa shape index (κ2) is 7.74. The Balaban J connectivity index is 2.26. The Morgan fingerprint density at radius 2 is 1.48 bits per heavy atom. The summed E-state index contributed by atoms with van der Waals surface area (Å²) in [5, 5.41) is 0. The van der Waals surface area contributed by atoms with Crippen molar-refractivity contribution in [3.8, 4) is 0 Å². The first-order valence-corrected chi connectivity index (χ1v) is 6.42. The molecule has 0 spiro atoms. The summed E-state index contributed by atoms with van der Waals surface area (Å²) in [6, 6.07) is 6.08. The van der Waals surface area contributed by atoms with E-state index >= 15 is 0 Å². The van der Waals surface area contributed by atoms with Gasteiger partial charge in [0, 0.05) is 30.9 Å². The molecule has 118 valence electrons. The zero-order valence-corrected chi connectivity index (χ0v) is 11.7. The smallest absolute Gasteiger partial charge is 0.398 e. The molecule has 2 aromatic rings. The molecule has 0 saturated carbocycles. The molecular formula is C15H11F2N3O3. The lowest BCUT2D eigenvalue weighted by atomic mass is 10.3. The molecule has 2 aromatic heterocycles. The number of halogens is 2. The molecule has 0 aliphatic heterocycles. The number of carbonyl (C=O) groups is 2. The Bertz CT molecular complexity index is 665. The predicted octanol–water partition coefficient (Wildman–Crippen LogP) is 2.46. The number of aromatic nitrogens is 2. The van der Waals surface area contributed by atoms with Crippen LogP contribution in [0.4, 0.5) is 20.2 Å². The quantitative estimate of drug-likeness (QED) is 0.639. The largest absolute Gasteiger partial charge is 0.454 e. The number of rotatable bonds is 4. The van der Waals surface area contributed by atoms with Crippen molar-refractivity contribution in [3.63, 3.8) is 0 Å². The number of carbonyl (C=O) groups excluding carboxylic acids is 2. The van der Waals surface area contributed by atoms with E-state index in [2.05, 4.69) is 14.7 Å². The lowest BCUT2D eigenvalue weighted by molar-refractivity contribution is -0.152. The van der Waals surface area contributed by atoms with Gasteiger partial charge in [0.15, 0.2) is 0 Å². The maximum atomic E-state index is 12.3. The number of ether oxygens (including phenoxy) is 1. The summed E-state index contributed by atoms with van der Waals surface area (Å²) < 4.78 is 28.4. The molecule has 6 nitrogen and oxygen atoms in total. The summed E-state index contributed by atoms with van der Waals surface area (Å²) in [4.78, 5) is 32.9. The first-order valence-electron chi connectivity index (χ1n) is 6.42. The van der Waals surface area contributed by atoms with E-state index < -0.39 is 24.6 Å². The van der Waals surface area contributed by atoms with E-state index in [1.54, 1.807) is 0 Å². The van der Waals surface area contributed by atoms with Crippen LogP contribution in [0.5, 0.6) is 0 Å². The highest BCUT2D eigenvalue weighted by atomic mass is 19.3. The van der Waals surface area contributed by atoms with Crippen molar-refractivity contribution in [2.24, 2.45) is 0 Å².